The number of hydrogen-bond donors (Lipinski definition) is 0. The first-order valence-corrected chi connectivity index (χ1v) is 9.30. The van der Waals surface area contributed by atoms with Gasteiger partial charge in [-0.05, 0) is 50.7 Å². The second-order valence-corrected chi connectivity index (χ2v) is 7.54. The third kappa shape index (κ3) is 3.02. The quantitative estimate of drug-likeness (QED) is 0.850. The number of carbonyl (C=O) groups excluding carboxylic acids is 1. The summed E-state index contributed by atoms with van der Waals surface area (Å²) in [5.74, 6) is 0.523. The third-order valence-electron chi connectivity index (χ3n) is 4.87. The summed E-state index contributed by atoms with van der Waals surface area (Å²) in [7, 11) is 0. The van der Waals surface area contributed by atoms with Crippen LogP contribution in [0.1, 0.15) is 36.3 Å². The van der Waals surface area contributed by atoms with E-state index in [2.05, 4.69) is 9.88 Å². The summed E-state index contributed by atoms with van der Waals surface area (Å²) in [5.41, 5.74) is 2.27. The molecule has 2 aromatic heterocycles. The van der Waals surface area contributed by atoms with Crippen molar-refractivity contribution in [3.05, 3.63) is 35.1 Å². The van der Waals surface area contributed by atoms with Gasteiger partial charge in [0.05, 0.1) is 5.69 Å². The lowest BCUT2D eigenvalue weighted by atomic mass is 9.89. The van der Waals surface area contributed by atoms with E-state index >= 15 is 0 Å². The fourth-order valence-electron chi connectivity index (χ4n) is 3.57. The first-order chi connectivity index (χ1) is 11.3. The highest BCUT2D eigenvalue weighted by Crippen LogP contribution is 2.35. The fraction of sp³-hybridized carbons (Fsp3) is 0.500. The molecule has 1 unspecified atom stereocenters. The standard InChI is InChI=1S/C18H21N3OS/c22-18(21-9-2-1-3-10-21)13-6-7-15-16(11-13)23-17(20-15)14-5-4-8-19-12-14/h4-5,8,12-13H,1-3,6-7,9-11H2. The maximum absolute atomic E-state index is 12.7. The predicted octanol–water partition coefficient (Wildman–Crippen LogP) is 3.32. The second kappa shape index (κ2) is 6.40. The van der Waals surface area contributed by atoms with Crippen LogP contribution in [0.3, 0.4) is 0 Å². The molecule has 0 radical (unpaired) electrons. The Hall–Kier alpha value is -1.75. The van der Waals surface area contributed by atoms with Crippen LogP contribution in [0.25, 0.3) is 10.6 Å². The molecular weight excluding hydrogens is 306 g/mol. The first-order valence-electron chi connectivity index (χ1n) is 8.49. The highest BCUT2D eigenvalue weighted by atomic mass is 32.1. The van der Waals surface area contributed by atoms with Gasteiger partial charge in [-0.15, -0.1) is 11.3 Å². The third-order valence-corrected chi connectivity index (χ3v) is 6.03. The van der Waals surface area contributed by atoms with Crippen molar-refractivity contribution in [2.75, 3.05) is 13.1 Å². The lowest BCUT2D eigenvalue weighted by Crippen LogP contribution is -2.41. The van der Waals surface area contributed by atoms with Crippen molar-refractivity contribution >= 4 is 17.2 Å². The molecular formula is C18H21N3OS. The van der Waals surface area contributed by atoms with Crippen molar-refractivity contribution in [2.24, 2.45) is 5.92 Å². The Balaban J connectivity index is 1.51. The van der Waals surface area contributed by atoms with Gasteiger partial charge in [0.2, 0.25) is 5.91 Å². The topological polar surface area (TPSA) is 46.1 Å². The van der Waals surface area contributed by atoms with Gasteiger partial charge < -0.3 is 4.90 Å². The van der Waals surface area contributed by atoms with E-state index in [1.807, 2.05) is 18.3 Å². The normalized spacial score (nSPS) is 21.0. The number of piperidine rings is 1. The molecule has 4 rings (SSSR count). The van der Waals surface area contributed by atoms with E-state index < -0.39 is 0 Å². The summed E-state index contributed by atoms with van der Waals surface area (Å²) in [6.07, 6.45) is 9.97. The van der Waals surface area contributed by atoms with E-state index in [0.29, 0.717) is 5.91 Å². The minimum Gasteiger partial charge on any atom is -0.342 e. The molecule has 0 N–H and O–H groups in total. The van der Waals surface area contributed by atoms with Crippen molar-refractivity contribution in [2.45, 2.75) is 38.5 Å². The van der Waals surface area contributed by atoms with Gasteiger partial charge in [-0.25, -0.2) is 4.98 Å². The maximum Gasteiger partial charge on any atom is 0.226 e. The van der Waals surface area contributed by atoms with Crippen molar-refractivity contribution < 1.29 is 4.79 Å². The van der Waals surface area contributed by atoms with Gasteiger partial charge in [-0.2, -0.15) is 0 Å². The zero-order chi connectivity index (χ0) is 15.6. The minimum absolute atomic E-state index is 0.155. The van der Waals surface area contributed by atoms with Gasteiger partial charge in [0.25, 0.3) is 0 Å². The molecule has 1 amide bonds. The van der Waals surface area contributed by atoms with Gasteiger partial charge in [-0.3, -0.25) is 9.78 Å². The SMILES string of the molecule is O=C(C1CCc2nc(-c3cccnc3)sc2C1)N1CCCCC1. The Morgan fingerprint density at radius 1 is 1.26 bits per heavy atom. The number of aryl methyl sites for hydroxylation is 1. The van der Waals surface area contributed by atoms with Crippen LogP contribution in [0.15, 0.2) is 24.5 Å². The van der Waals surface area contributed by atoms with Gasteiger partial charge >= 0.3 is 0 Å². The summed E-state index contributed by atoms with van der Waals surface area (Å²) in [4.78, 5) is 25.1. The number of thiazole rings is 1. The van der Waals surface area contributed by atoms with Crippen molar-refractivity contribution in [3.8, 4) is 10.6 Å². The van der Waals surface area contributed by atoms with E-state index in [9.17, 15) is 4.79 Å². The van der Waals surface area contributed by atoms with Crippen LogP contribution in [-0.2, 0) is 17.6 Å². The smallest absolute Gasteiger partial charge is 0.226 e. The van der Waals surface area contributed by atoms with E-state index in [4.69, 9.17) is 4.98 Å². The maximum atomic E-state index is 12.7. The van der Waals surface area contributed by atoms with Gasteiger partial charge in [-0.1, -0.05) is 0 Å². The second-order valence-electron chi connectivity index (χ2n) is 6.46. The largest absolute Gasteiger partial charge is 0.342 e. The predicted molar refractivity (Wildman–Crippen MR) is 91.3 cm³/mol. The first kappa shape index (κ1) is 14.8. The number of likely N-dealkylation sites (tertiary alicyclic amines) is 1. The number of carbonyl (C=O) groups is 1. The van der Waals surface area contributed by atoms with Crippen LogP contribution in [-0.4, -0.2) is 33.9 Å². The Bertz CT molecular complexity index is 692. The van der Waals surface area contributed by atoms with Crippen LogP contribution in [0.5, 0.6) is 0 Å². The highest BCUT2D eigenvalue weighted by Gasteiger charge is 2.31. The Kier molecular flexibility index (Phi) is 4.12. The molecule has 1 aliphatic carbocycles. The Labute approximate surface area is 140 Å². The number of amides is 1. The van der Waals surface area contributed by atoms with Crippen molar-refractivity contribution in [1.82, 2.24) is 14.9 Å². The van der Waals surface area contributed by atoms with Gasteiger partial charge in [0.1, 0.15) is 5.01 Å². The number of aromatic nitrogens is 2. The van der Waals surface area contributed by atoms with Gasteiger partial charge in [0, 0.05) is 41.8 Å². The minimum atomic E-state index is 0.155. The van der Waals surface area contributed by atoms with Crippen molar-refractivity contribution in [1.29, 1.82) is 0 Å². The van der Waals surface area contributed by atoms with Crippen LogP contribution < -0.4 is 0 Å². The molecule has 120 valence electrons. The number of rotatable bonds is 2. The number of nitrogens with zero attached hydrogens (tertiary/aromatic N) is 3. The highest BCUT2D eigenvalue weighted by molar-refractivity contribution is 7.15. The number of pyridine rings is 1. The molecule has 1 saturated heterocycles. The lowest BCUT2D eigenvalue weighted by molar-refractivity contribution is -0.136. The Morgan fingerprint density at radius 2 is 2.13 bits per heavy atom. The molecule has 3 heterocycles. The van der Waals surface area contributed by atoms with Crippen LogP contribution in [0.4, 0.5) is 0 Å². The van der Waals surface area contributed by atoms with Crippen LogP contribution in [0, 0.1) is 5.92 Å². The zero-order valence-corrected chi connectivity index (χ0v) is 14.0. The number of hydrogen-bond acceptors (Lipinski definition) is 4. The summed E-state index contributed by atoms with van der Waals surface area (Å²) >= 11 is 1.73. The summed E-state index contributed by atoms with van der Waals surface area (Å²) < 4.78 is 0. The fourth-order valence-corrected chi connectivity index (χ4v) is 4.75. The molecule has 1 fully saturated rings. The monoisotopic (exact) mass is 327 g/mol. The molecule has 23 heavy (non-hydrogen) atoms. The molecule has 1 aliphatic heterocycles. The molecule has 2 aromatic rings. The van der Waals surface area contributed by atoms with E-state index in [0.717, 1.165) is 55.8 Å². The number of fused-ring (bicyclic) bond motifs is 1. The zero-order valence-electron chi connectivity index (χ0n) is 13.2. The summed E-state index contributed by atoms with van der Waals surface area (Å²) in [5, 5.41) is 1.04. The Morgan fingerprint density at radius 3 is 2.91 bits per heavy atom. The molecule has 1 atom stereocenters. The molecule has 0 saturated carbocycles. The van der Waals surface area contributed by atoms with E-state index in [-0.39, 0.29) is 5.92 Å². The molecule has 4 nitrogen and oxygen atoms in total. The van der Waals surface area contributed by atoms with Crippen LogP contribution in [0.2, 0.25) is 0 Å². The van der Waals surface area contributed by atoms with E-state index in [1.54, 1.807) is 17.5 Å². The molecule has 0 bridgehead atoms. The van der Waals surface area contributed by atoms with Crippen molar-refractivity contribution in [3.63, 3.8) is 0 Å². The summed E-state index contributed by atoms with van der Waals surface area (Å²) in [6, 6.07) is 3.99. The molecule has 0 aromatic carbocycles. The average molecular weight is 327 g/mol. The molecule has 2 aliphatic rings. The molecule has 5 heteroatoms. The lowest BCUT2D eigenvalue weighted by Gasteiger charge is -2.31. The molecule has 0 spiro atoms. The van der Waals surface area contributed by atoms with Gasteiger partial charge in [0.15, 0.2) is 0 Å². The van der Waals surface area contributed by atoms with Crippen LogP contribution >= 0.6 is 11.3 Å². The summed E-state index contributed by atoms with van der Waals surface area (Å²) in [6.45, 7) is 1.90. The van der Waals surface area contributed by atoms with E-state index in [1.165, 1.54) is 17.0 Å². The average Bonchev–Trinajstić information content (AvgIpc) is 3.06.